The molecule has 1 N–H and O–H groups in total. The van der Waals surface area contributed by atoms with Crippen LogP contribution in [0, 0.1) is 6.92 Å². The fraction of sp³-hybridized carbons (Fsp3) is 0.200. The maximum atomic E-state index is 9.78. The maximum Gasteiger partial charge on any atom is 0.134 e. The number of ether oxygens (including phenoxy) is 1. The third kappa shape index (κ3) is 3.50. The Morgan fingerprint density at radius 1 is 1.16 bits per heavy atom. The van der Waals surface area contributed by atoms with E-state index in [9.17, 15) is 5.11 Å². The fourth-order valence-corrected chi connectivity index (χ4v) is 2.25. The van der Waals surface area contributed by atoms with Gasteiger partial charge in [-0.15, -0.1) is 0 Å². The molecule has 0 fully saturated rings. The van der Waals surface area contributed by atoms with Gasteiger partial charge in [0.25, 0.3) is 0 Å². The number of aryl methyl sites for hydroxylation is 1. The van der Waals surface area contributed by atoms with Crippen molar-refractivity contribution in [3.8, 4) is 11.5 Å². The summed E-state index contributed by atoms with van der Waals surface area (Å²) in [4.78, 5) is 0. The van der Waals surface area contributed by atoms with Gasteiger partial charge in [0.1, 0.15) is 11.5 Å². The van der Waals surface area contributed by atoms with E-state index in [1.165, 1.54) is 0 Å². The lowest BCUT2D eigenvalue weighted by Crippen LogP contribution is -1.97. The second kappa shape index (κ2) is 5.95. The summed E-state index contributed by atoms with van der Waals surface area (Å²) < 4.78 is 6.78. The average Bonchev–Trinajstić information content (AvgIpc) is 2.33. The van der Waals surface area contributed by atoms with Crippen LogP contribution in [0.15, 0.2) is 40.9 Å². The molecule has 0 saturated heterocycles. The van der Waals surface area contributed by atoms with Gasteiger partial charge in [0, 0.05) is 15.1 Å². The molecular formula is C15H14BrClO2. The van der Waals surface area contributed by atoms with Crippen molar-refractivity contribution in [2.45, 2.75) is 20.0 Å². The molecule has 0 spiro atoms. The van der Waals surface area contributed by atoms with E-state index in [0.29, 0.717) is 16.5 Å². The molecule has 0 amide bonds. The van der Waals surface area contributed by atoms with E-state index in [-0.39, 0.29) is 0 Å². The van der Waals surface area contributed by atoms with Gasteiger partial charge >= 0.3 is 0 Å². The Hall–Kier alpha value is -1.03. The summed E-state index contributed by atoms with van der Waals surface area (Å²) in [7, 11) is 0. The number of hydrogen-bond donors (Lipinski definition) is 1. The molecule has 2 rings (SSSR count). The Balaban J connectivity index is 2.42. The highest BCUT2D eigenvalue weighted by molar-refractivity contribution is 9.10. The standard InChI is InChI=1S/C15H14BrClO2/c1-9-3-5-12(17)8-14(9)19-15-7-11(16)4-6-13(15)10(2)18/h3-8,10,18H,1-2H3. The lowest BCUT2D eigenvalue weighted by molar-refractivity contribution is 0.195. The SMILES string of the molecule is Cc1ccc(Cl)cc1Oc1cc(Br)ccc1C(C)O. The quantitative estimate of drug-likeness (QED) is 0.825. The van der Waals surface area contributed by atoms with Gasteiger partial charge in [-0.2, -0.15) is 0 Å². The first-order valence-corrected chi connectivity index (χ1v) is 7.06. The highest BCUT2D eigenvalue weighted by atomic mass is 79.9. The van der Waals surface area contributed by atoms with Crippen molar-refractivity contribution in [3.63, 3.8) is 0 Å². The van der Waals surface area contributed by atoms with Gasteiger partial charge in [-0.1, -0.05) is 39.7 Å². The van der Waals surface area contributed by atoms with Crippen LogP contribution in [0.4, 0.5) is 0 Å². The molecule has 0 bridgehead atoms. The minimum absolute atomic E-state index is 0.595. The van der Waals surface area contributed by atoms with E-state index < -0.39 is 6.10 Å². The van der Waals surface area contributed by atoms with Gasteiger partial charge in [0.15, 0.2) is 0 Å². The lowest BCUT2D eigenvalue weighted by Gasteiger charge is -2.15. The summed E-state index contributed by atoms with van der Waals surface area (Å²) in [5.74, 6) is 1.31. The zero-order chi connectivity index (χ0) is 14.0. The third-order valence-electron chi connectivity index (χ3n) is 2.80. The van der Waals surface area contributed by atoms with Crippen molar-refractivity contribution >= 4 is 27.5 Å². The molecule has 0 radical (unpaired) electrons. The number of rotatable bonds is 3. The minimum atomic E-state index is -0.595. The predicted molar refractivity (Wildman–Crippen MR) is 81.0 cm³/mol. The number of aliphatic hydroxyl groups is 1. The van der Waals surface area contributed by atoms with E-state index in [2.05, 4.69) is 15.9 Å². The van der Waals surface area contributed by atoms with Crippen LogP contribution in [0.25, 0.3) is 0 Å². The predicted octanol–water partition coefficient (Wildman–Crippen LogP) is 5.26. The topological polar surface area (TPSA) is 29.5 Å². The Labute approximate surface area is 126 Å². The average molecular weight is 342 g/mol. The summed E-state index contributed by atoms with van der Waals surface area (Å²) in [5, 5.41) is 10.4. The van der Waals surface area contributed by atoms with Crippen LogP contribution < -0.4 is 4.74 Å². The number of halogens is 2. The van der Waals surface area contributed by atoms with E-state index in [0.717, 1.165) is 15.6 Å². The van der Waals surface area contributed by atoms with E-state index in [1.807, 2.05) is 37.3 Å². The molecule has 4 heteroatoms. The number of hydrogen-bond acceptors (Lipinski definition) is 2. The molecule has 0 aromatic heterocycles. The van der Waals surface area contributed by atoms with Crippen LogP contribution in [0.3, 0.4) is 0 Å². The van der Waals surface area contributed by atoms with Crippen LogP contribution in [0.2, 0.25) is 5.02 Å². The van der Waals surface area contributed by atoms with E-state index >= 15 is 0 Å². The van der Waals surface area contributed by atoms with Gasteiger partial charge in [-0.3, -0.25) is 0 Å². The van der Waals surface area contributed by atoms with Crippen molar-refractivity contribution in [1.82, 2.24) is 0 Å². The molecule has 1 unspecified atom stereocenters. The molecule has 0 heterocycles. The summed E-state index contributed by atoms with van der Waals surface area (Å²) in [6, 6.07) is 11.0. The van der Waals surface area contributed by atoms with Gasteiger partial charge in [0.2, 0.25) is 0 Å². The Bertz CT molecular complexity index is 597. The van der Waals surface area contributed by atoms with Gasteiger partial charge in [-0.05, 0) is 43.7 Å². The van der Waals surface area contributed by atoms with Crippen LogP contribution in [0.1, 0.15) is 24.2 Å². The van der Waals surface area contributed by atoms with Crippen molar-refractivity contribution in [2.75, 3.05) is 0 Å². The van der Waals surface area contributed by atoms with Gasteiger partial charge in [-0.25, -0.2) is 0 Å². The summed E-state index contributed by atoms with van der Waals surface area (Å²) in [6.45, 7) is 3.66. The Kier molecular flexibility index (Phi) is 4.50. The van der Waals surface area contributed by atoms with Crippen LogP contribution >= 0.6 is 27.5 Å². The summed E-state index contributed by atoms with van der Waals surface area (Å²) in [5.41, 5.74) is 1.73. The monoisotopic (exact) mass is 340 g/mol. The summed E-state index contributed by atoms with van der Waals surface area (Å²) in [6.07, 6.45) is -0.595. The highest BCUT2D eigenvalue weighted by Gasteiger charge is 2.12. The lowest BCUT2D eigenvalue weighted by atomic mass is 10.1. The van der Waals surface area contributed by atoms with E-state index in [4.69, 9.17) is 16.3 Å². The largest absolute Gasteiger partial charge is 0.457 e. The number of aliphatic hydroxyl groups excluding tert-OH is 1. The molecule has 0 aliphatic carbocycles. The van der Waals surface area contributed by atoms with Crippen molar-refractivity contribution in [3.05, 3.63) is 57.0 Å². The van der Waals surface area contributed by atoms with E-state index in [1.54, 1.807) is 13.0 Å². The third-order valence-corrected chi connectivity index (χ3v) is 3.52. The minimum Gasteiger partial charge on any atom is -0.457 e. The first-order chi connectivity index (χ1) is 8.97. The van der Waals surface area contributed by atoms with Crippen molar-refractivity contribution in [1.29, 1.82) is 0 Å². The first kappa shape index (κ1) is 14.4. The molecule has 2 aromatic carbocycles. The molecule has 0 aliphatic rings. The molecule has 0 aliphatic heterocycles. The molecule has 2 aromatic rings. The Morgan fingerprint density at radius 3 is 2.58 bits per heavy atom. The van der Waals surface area contributed by atoms with Crippen molar-refractivity contribution in [2.24, 2.45) is 0 Å². The van der Waals surface area contributed by atoms with Crippen LogP contribution in [0.5, 0.6) is 11.5 Å². The molecular weight excluding hydrogens is 328 g/mol. The summed E-state index contributed by atoms with van der Waals surface area (Å²) >= 11 is 9.38. The molecule has 2 nitrogen and oxygen atoms in total. The second-order valence-electron chi connectivity index (χ2n) is 4.37. The molecule has 19 heavy (non-hydrogen) atoms. The number of benzene rings is 2. The molecule has 0 saturated carbocycles. The Morgan fingerprint density at radius 2 is 1.89 bits per heavy atom. The van der Waals surface area contributed by atoms with Crippen molar-refractivity contribution < 1.29 is 9.84 Å². The molecule has 1 atom stereocenters. The fourth-order valence-electron chi connectivity index (χ4n) is 1.74. The van der Waals surface area contributed by atoms with Crippen LogP contribution in [-0.2, 0) is 0 Å². The second-order valence-corrected chi connectivity index (χ2v) is 5.72. The highest BCUT2D eigenvalue weighted by Crippen LogP contribution is 2.34. The zero-order valence-electron chi connectivity index (χ0n) is 10.7. The van der Waals surface area contributed by atoms with Gasteiger partial charge in [0.05, 0.1) is 6.10 Å². The first-order valence-electron chi connectivity index (χ1n) is 5.89. The van der Waals surface area contributed by atoms with Gasteiger partial charge < -0.3 is 9.84 Å². The normalized spacial score (nSPS) is 12.3. The van der Waals surface area contributed by atoms with Crippen LogP contribution in [-0.4, -0.2) is 5.11 Å². The molecule has 100 valence electrons. The smallest absolute Gasteiger partial charge is 0.134 e. The zero-order valence-corrected chi connectivity index (χ0v) is 13.0. The maximum absolute atomic E-state index is 9.78.